The molecule has 0 unspecified atom stereocenters. The number of rotatable bonds is 3. The number of nitrogens with zero attached hydrogens (tertiary/aromatic N) is 3. The molecule has 0 saturated carbocycles. The highest BCUT2D eigenvalue weighted by Gasteiger charge is 2.11. The van der Waals surface area contributed by atoms with Crippen molar-refractivity contribution >= 4 is 32.7 Å². The van der Waals surface area contributed by atoms with Crippen LogP contribution in [0.4, 0.5) is 5.82 Å². The van der Waals surface area contributed by atoms with Crippen molar-refractivity contribution < 1.29 is 4.74 Å². The van der Waals surface area contributed by atoms with Crippen LogP contribution in [-0.2, 0) is 0 Å². The number of pyridine rings is 1. The molecule has 20 heavy (non-hydrogen) atoms. The summed E-state index contributed by atoms with van der Waals surface area (Å²) in [6, 6.07) is 9.57. The quantitative estimate of drug-likeness (QED) is 0.794. The summed E-state index contributed by atoms with van der Waals surface area (Å²) in [5.41, 5.74) is 0.879. The Labute approximate surface area is 124 Å². The number of hydrogen-bond donors (Lipinski definition) is 1. The number of ether oxygens (including phenoxy) is 1. The summed E-state index contributed by atoms with van der Waals surface area (Å²) in [6.45, 7) is 0. The zero-order valence-electron chi connectivity index (χ0n) is 10.7. The first-order valence-corrected chi connectivity index (χ1v) is 6.79. The van der Waals surface area contributed by atoms with Crippen molar-refractivity contribution in [1.82, 2.24) is 15.0 Å². The molecule has 6 heteroatoms. The minimum absolute atomic E-state index is 0.459. The predicted molar refractivity (Wildman–Crippen MR) is 81.1 cm³/mol. The van der Waals surface area contributed by atoms with Crippen molar-refractivity contribution in [3.8, 4) is 11.6 Å². The van der Waals surface area contributed by atoms with Gasteiger partial charge in [0.25, 0.3) is 0 Å². The molecule has 3 rings (SSSR count). The van der Waals surface area contributed by atoms with Gasteiger partial charge in [0.15, 0.2) is 0 Å². The molecule has 1 N–H and O–H groups in total. The van der Waals surface area contributed by atoms with Crippen LogP contribution in [0.15, 0.2) is 47.3 Å². The van der Waals surface area contributed by atoms with Gasteiger partial charge in [-0.3, -0.25) is 4.98 Å². The predicted octanol–water partition coefficient (Wildman–Crippen LogP) is 3.62. The Bertz CT molecular complexity index is 758. The molecule has 1 aromatic carbocycles. The van der Waals surface area contributed by atoms with Gasteiger partial charge < -0.3 is 10.1 Å². The normalized spacial score (nSPS) is 10.5. The number of benzene rings is 1. The highest BCUT2D eigenvalue weighted by atomic mass is 79.9. The molecule has 0 aliphatic rings. The van der Waals surface area contributed by atoms with Crippen LogP contribution in [-0.4, -0.2) is 22.0 Å². The van der Waals surface area contributed by atoms with E-state index < -0.39 is 0 Å². The molecule has 0 amide bonds. The summed E-state index contributed by atoms with van der Waals surface area (Å²) in [4.78, 5) is 12.6. The lowest BCUT2D eigenvalue weighted by atomic mass is 10.2. The fraction of sp³-hybridized carbons (Fsp3) is 0.0714. The minimum Gasteiger partial charge on any atom is -0.437 e. The average Bonchev–Trinajstić information content (AvgIpc) is 2.50. The van der Waals surface area contributed by atoms with E-state index >= 15 is 0 Å². The fourth-order valence-electron chi connectivity index (χ4n) is 1.87. The molecule has 0 atom stereocenters. The van der Waals surface area contributed by atoms with E-state index in [2.05, 4.69) is 36.2 Å². The maximum absolute atomic E-state index is 5.89. The summed E-state index contributed by atoms with van der Waals surface area (Å²) in [5, 5.41) is 3.90. The lowest BCUT2D eigenvalue weighted by molar-refractivity contribution is 0.463. The first kappa shape index (κ1) is 12.8. The molecule has 0 aliphatic carbocycles. The van der Waals surface area contributed by atoms with E-state index in [9.17, 15) is 0 Å². The van der Waals surface area contributed by atoms with Crippen LogP contribution in [0.25, 0.3) is 10.9 Å². The van der Waals surface area contributed by atoms with Gasteiger partial charge in [-0.15, -0.1) is 0 Å². The molecule has 0 aliphatic heterocycles. The van der Waals surface area contributed by atoms with Gasteiger partial charge in [0, 0.05) is 18.6 Å². The third-order valence-corrected chi connectivity index (χ3v) is 3.52. The van der Waals surface area contributed by atoms with E-state index in [-0.39, 0.29) is 0 Å². The van der Waals surface area contributed by atoms with Crippen molar-refractivity contribution in [2.24, 2.45) is 0 Å². The van der Waals surface area contributed by atoms with Gasteiger partial charge in [0.1, 0.15) is 22.4 Å². The van der Waals surface area contributed by atoms with Crippen molar-refractivity contribution in [2.45, 2.75) is 0 Å². The average molecular weight is 331 g/mol. The lowest BCUT2D eigenvalue weighted by Gasteiger charge is -2.10. The monoisotopic (exact) mass is 330 g/mol. The number of nitrogens with one attached hydrogen (secondary N) is 1. The number of halogens is 1. The van der Waals surface area contributed by atoms with E-state index in [0.29, 0.717) is 21.9 Å². The van der Waals surface area contributed by atoms with Crippen LogP contribution in [0.2, 0.25) is 0 Å². The Kier molecular flexibility index (Phi) is 3.47. The number of anilines is 1. The Morgan fingerprint density at radius 2 is 2.00 bits per heavy atom. The maximum atomic E-state index is 5.89. The summed E-state index contributed by atoms with van der Waals surface area (Å²) in [7, 11) is 1.79. The molecule has 0 spiro atoms. The number of fused-ring (bicyclic) bond motifs is 1. The third-order valence-electron chi connectivity index (χ3n) is 2.81. The van der Waals surface area contributed by atoms with E-state index in [1.807, 2.05) is 30.3 Å². The van der Waals surface area contributed by atoms with E-state index in [0.717, 1.165) is 10.9 Å². The number of hydrogen-bond acceptors (Lipinski definition) is 5. The van der Waals surface area contributed by atoms with Crippen molar-refractivity contribution in [1.29, 1.82) is 0 Å². The summed E-state index contributed by atoms with van der Waals surface area (Å²) >= 11 is 3.43. The summed E-state index contributed by atoms with van der Waals surface area (Å²) < 4.78 is 6.57. The Morgan fingerprint density at radius 1 is 1.10 bits per heavy atom. The number of aromatic nitrogens is 3. The highest BCUT2D eigenvalue weighted by molar-refractivity contribution is 9.10. The molecule has 100 valence electrons. The largest absolute Gasteiger partial charge is 0.437 e. The third kappa shape index (κ3) is 2.30. The van der Waals surface area contributed by atoms with Crippen LogP contribution in [0.1, 0.15) is 0 Å². The molecular weight excluding hydrogens is 320 g/mol. The van der Waals surface area contributed by atoms with E-state index in [1.54, 1.807) is 13.2 Å². The second kappa shape index (κ2) is 5.42. The van der Waals surface area contributed by atoms with Gasteiger partial charge >= 0.3 is 0 Å². The van der Waals surface area contributed by atoms with E-state index in [4.69, 9.17) is 4.74 Å². The molecule has 0 fully saturated rings. The maximum Gasteiger partial charge on any atom is 0.238 e. The molecule has 0 saturated heterocycles. The van der Waals surface area contributed by atoms with Crippen molar-refractivity contribution in [2.75, 3.05) is 12.4 Å². The van der Waals surface area contributed by atoms with Crippen LogP contribution in [0.3, 0.4) is 0 Å². The second-order valence-corrected chi connectivity index (χ2v) is 4.81. The first-order valence-electron chi connectivity index (χ1n) is 5.99. The Hall–Kier alpha value is -2.21. The minimum atomic E-state index is 0.459. The van der Waals surface area contributed by atoms with Gasteiger partial charge in [-0.2, -0.15) is 0 Å². The Balaban J connectivity index is 2.06. The molecule has 0 radical (unpaired) electrons. The van der Waals surface area contributed by atoms with Crippen LogP contribution < -0.4 is 10.1 Å². The molecule has 3 aromatic rings. The molecular formula is C14H11BrN4O. The van der Waals surface area contributed by atoms with Gasteiger partial charge in [0.05, 0.1) is 5.52 Å². The summed E-state index contributed by atoms with van der Waals surface area (Å²) in [5.74, 6) is 1.84. The summed E-state index contributed by atoms with van der Waals surface area (Å²) in [6.07, 6.45) is 3.21. The van der Waals surface area contributed by atoms with Crippen molar-refractivity contribution in [3.63, 3.8) is 0 Å². The van der Waals surface area contributed by atoms with Crippen LogP contribution >= 0.6 is 15.9 Å². The topological polar surface area (TPSA) is 59.9 Å². The SMILES string of the molecule is CNc1ncnc(Oc2cccc3ncccc23)c1Br. The second-order valence-electron chi connectivity index (χ2n) is 4.02. The molecule has 2 heterocycles. The van der Waals surface area contributed by atoms with E-state index in [1.165, 1.54) is 6.33 Å². The zero-order chi connectivity index (χ0) is 13.9. The van der Waals surface area contributed by atoms with Crippen molar-refractivity contribution in [3.05, 3.63) is 47.3 Å². The van der Waals surface area contributed by atoms with Crippen LogP contribution in [0.5, 0.6) is 11.6 Å². The van der Waals surface area contributed by atoms with Gasteiger partial charge in [-0.25, -0.2) is 9.97 Å². The van der Waals surface area contributed by atoms with Gasteiger partial charge in [-0.1, -0.05) is 6.07 Å². The first-order chi connectivity index (χ1) is 9.79. The zero-order valence-corrected chi connectivity index (χ0v) is 12.3. The molecule has 5 nitrogen and oxygen atoms in total. The van der Waals surface area contributed by atoms with Gasteiger partial charge in [-0.05, 0) is 40.2 Å². The lowest BCUT2D eigenvalue weighted by Crippen LogP contribution is -1.98. The highest BCUT2D eigenvalue weighted by Crippen LogP contribution is 2.34. The smallest absolute Gasteiger partial charge is 0.238 e. The standard InChI is InChI=1S/C14H11BrN4O/c1-16-13-12(15)14(19-8-18-13)20-11-6-2-5-10-9(11)4-3-7-17-10/h2-8H,1H3,(H,16,18,19). The molecule has 0 bridgehead atoms. The Morgan fingerprint density at radius 3 is 2.85 bits per heavy atom. The van der Waals surface area contributed by atoms with Gasteiger partial charge in [0.2, 0.25) is 5.88 Å². The van der Waals surface area contributed by atoms with Crippen LogP contribution in [0, 0.1) is 0 Å². The fourth-order valence-corrected chi connectivity index (χ4v) is 2.35. The molecule has 2 aromatic heterocycles.